The summed E-state index contributed by atoms with van der Waals surface area (Å²) in [6.45, 7) is 0. The van der Waals surface area contributed by atoms with Crippen LogP contribution in [0.1, 0.15) is 17.5 Å². The van der Waals surface area contributed by atoms with Crippen LogP contribution < -0.4 is 19.6 Å². The molecule has 0 bridgehead atoms. The van der Waals surface area contributed by atoms with Crippen LogP contribution in [0.3, 0.4) is 0 Å². The molecular formula is C90H64N4. The maximum atomic E-state index is 2.54. The Labute approximate surface area is 548 Å². The van der Waals surface area contributed by atoms with Gasteiger partial charge < -0.3 is 19.6 Å². The van der Waals surface area contributed by atoms with E-state index >= 15 is 0 Å². The van der Waals surface area contributed by atoms with Gasteiger partial charge in [0.25, 0.3) is 0 Å². The molecule has 444 valence electrons. The van der Waals surface area contributed by atoms with E-state index in [9.17, 15) is 0 Å². The summed E-state index contributed by atoms with van der Waals surface area (Å²) in [5.41, 5.74) is 20.4. The van der Waals surface area contributed by atoms with E-state index in [1.165, 1.54) is 49.1 Å². The van der Waals surface area contributed by atoms with Gasteiger partial charge in [-0.15, -0.1) is 0 Å². The van der Waals surface area contributed by atoms with Crippen molar-refractivity contribution in [3.05, 3.63) is 369 Å². The first-order valence-corrected chi connectivity index (χ1v) is 32.5. The van der Waals surface area contributed by atoms with E-state index in [4.69, 9.17) is 0 Å². The van der Waals surface area contributed by atoms with E-state index in [1.54, 1.807) is 0 Å². The van der Waals surface area contributed by atoms with Gasteiger partial charge in [0.15, 0.2) is 0 Å². The second kappa shape index (κ2) is 24.2. The quantitative estimate of drug-likeness (QED) is 0.101. The summed E-state index contributed by atoms with van der Waals surface area (Å²) in [6, 6.07) is 129. The van der Waals surface area contributed by atoms with Crippen molar-refractivity contribution in [3.8, 4) is 22.3 Å². The molecule has 17 rings (SSSR count). The Bertz CT molecular complexity index is 5320. The minimum absolute atomic E-state index is 0.949. The lowest BCUT2D eigenvalue weighted by Crippen LogP contribution is -2.14. The molecule has 0 saturated heterocycles. The maximum absolute atomic E-state index is 2.54. The zero-order valence-electron chi connectivity index (χ0n) is 51.8. The van der Waals surface area contributed by atoms with Crippen LogP contribution in [0, 0.1) is 0 Å². The highest BCUT2D eigenvalue weighted by Crippen LogP contribution is 2.52. The number of anilines is 12. The fourth-order valence-electron chi connectivity index (χ4n) is 14.6. The van der Waals surface area contributed by atoms with Crippen LogP contribution in [-0.2, 0) is 6.42 Å². The van der Waals surface area contributed by atoms with Gasteiger partial charge in [-0.1, -0.05) is 243 Å². The van der Waals surface area contributed by atoms with Gasteiger partial charge in [0.05, 0.1) is 17.1 Å². The Hall–Kier alpha value is -12.2. The van der Waals surface area contributed by atoms with Crippen LogP contribution in [-0.4, -0.2) is 0 Å². The third-order valence-electron chi connectivity index (χ3n) is 18.8. The van der Waals surface area contributed by atoms with Crippen molar-refractivity contribution < 1.29 is 0 Å². The van der Waals surface area contributed by atoms with Crippen LogP contribution in [0.25, 0.3) is 82.2 Å². The molecule has 0 radical (unpaired) electrons. The Morgan fingerprint density at radius 3 is 0.936 bits per heavy atom. The molecule has 1 aliphatic carbocycles. The predicted octanol–water partition coefficient (Wildman–Crippen LogP) is 25.6. The van der Waals surface area contributed by atoms with Crippen molar-refractivity contribution in [2.24, 2.45) is 0 Å². The van der Waals surface area contributed by atoms with Crippen LogP contribution in [0.5, 0.6) is 0 Å². The van der Waals surface area contributed by atoms with Crippen LogP contribution in [0.2, 0.25) is 0 Å². The summed E-state index contributed by atoms with van der Waals surface area (Å²) >= 11 is 0. The largest absolute Gasteiger partial charge is 0.311 e. The Kier molecular flexibility index (Phi) is 14.4. The summed E-state index contributed by atoms with van der Waals surface area (Å²) in [5, 5.41) is 11.7. The lowest BCUT2D eigenvalue weighted by Gasteiger charge is -2.31. The molecule has 16 aromatic carbocycles. The molecule has 16 aromatic rings. The number of rotatable bonds is 14. The average molecular weight is 1200 g/mol. The third kappa shape index (κ3) is 10.1. The van der Waals surface area contributed by atoms with Gasteiger partial charge in [0, 0.05) is 67.3 Å². The molecule has 0 atom stereocenters. The van der Waals surface area contributed by atoms with Gasteiger partial charge in [0.2, 0.25) is 0 Å². The highest BCUT2D eigenvalue weighted by atomic mass is 15.2. The minimum Gasteiger partial charge on any atom is -0.311 e. The fraction of sp³-hybridized carbons (Fsp3) is 0.0222. The van der Waals surface area contributed by atoms with Crippen LogP contribution in [0.4, 0.5) is 68.2 Å². The molecule has 0 aliphatic heterocycles. The molecule has 0 spiro atoms. The number of nitrogens with zero attached hydrogens (tertiary/aromatic N) is 4. The zero-order chi connectivity index (χ0) is 62.3. The van der Waals surface area contributed by atoms with Crippen molar-refractivity contribution in [1.29, 1.82) is 0 Å². The first-order valence-electron chi connectivity index (χ1n) is 32.5. The SMILES string of the molecule is C1=Cc2cccc(N(c3ccc4c(-c5ccc(N(c6ccccc6)c6ccccc6)cc5)c5cc(N(c6cccc7ccccc67)c6cccc7ccccc67)ccc5c(-c5ccc(N(c6ccccc6)c6ccccc6)cc5)c4c3)c3cccc4ccccc34)c2CC1. The molecule has 94 heavy (non-hydrogen) atoms. The van der Waals surface area contributed by atoms with E-state index in [1.807, 2.05) is 0 Å². The van der Waals surface area contributed by atoms with E-state index < -0.39 is 0 Å². The van der Waals surface area contributed by atoms with Crippen LogP contribution >= 0.6 is 0 Å². The van der Waals surface area contributed by atoms with Crippen molar-refractivity contribution in [1.82, 2.24) is 0 Å². The number of fused-ring (bicyclic) bond motifs is 6. The zero-order valence-corrected chi connectivity index (χ0v) is 51.8. The van der Waals surface area contributed by atoms with Gasteiger partial charge >= 0.3 is 0 Å². The molecular weight excluding hydrogens is 1140 g/mol. The number of benzene rings is 16. The highest BCUT2D eigenvalue weighted by Gasteiger charge is 2.27. The molecule has 0 N–H and O–H groups in total. The van der Waals surface area contributed by atoms with Crippen molar-refractivity contribution in [3.63, 3.8) is 0 Å². The smallest absolute Gasteiger partial charge is 0.0540 e. The second-order valence-corrected chi connectivity index (χ2v) is 24.3. The molecule has 0 saturated carbocycles. The molecule has 0 amide bonds. The number of para-hydroxylation sites is 4. The molecule has 0 fully saturated rings. The topological polar surface area (TPSA) is 13.0 Å². The Morgan fingerprint density at radius 1 is 0.213 bits per heavy atom. The van der Waals surface area contributed by atoms with Gasteiger partial charge in [-0.05, 0) is 205 Å². The molecule has 4 nitrogen and oxygen atoms in total. The Balaban J connectivity index is 0.970. The summed E-state index contributed by atoms with van der Waals surface area (Å²) < 4.78 is 0. The monoisotopic (exact) mass is 1200 g/mol. The third-order valence-corrected chi connectivity index (χ3v) is 18.8. The Morgan fingerprint density at radius 2 is 0.532 bits per heavy atom. The lowest BCUT2D eigenvalue weighted by atomic mass is 9.85. The van der Waals surface area contributed by atoms with Gasteiger partial charge in [-0.25, -0.2) is 0 Å². The molecule has 4 heteroatoms. The van der Waals surface area contributed by atoms with Gasteiger partial charge in [0.1, 0.15) is 0 Å². The fourth-order valence-corrected chi connectivity index (χ4v) is 14.6. The lowest BCUT2D eigenvalue weighted by molar-refractivity contribution is 0.980. The van der Waals surface area contributed by atoms with E-state index in [-0.39, 0.29) is 0 Å². The van der Waals surface area contributed by atoms with Gasteiger partial charge in [-0.3, -0.25) is 0 Å². The minimum atomic E-state index is 0.949. The van der Waals surface area contributed by atoms with Crippen molar-refractivity contribution >= 4 is 128 Å². The molecule has 0 aromatic heterocycles. The summed E-state index contributed by atoms with van der Waals surface area (Å²) in [7, 11) is 0. The van der Waals surface area contributed by atoms with Crippen molar-refractivity contribution in [2.75, 3.05) is 19.6 Å². The number of hydrogen-bond acceptors (Lipinski definition) is 4. The predicted molar refractivity (Wildman–Crippen MR) is 401 cm³/mol. The molecule has 1 aliphatic rings. The first kappa shape index (κ1) is 55.8. The number of allylic oxidation sites excluding steroid dienone is 1. The van der Waals surface area contributed by atoms with E-state index in [0.29, 0.717) is 0 Å². The second-order valence-electron chi connectivity index (χ2n) is 24.3. The average Bonchev–Trinajstić information content (AvgIpc) is 0.724. The summed E-state index contributed by atoms with van der Waals surface area (Å²) in [4.78, 5) is 9.73. The molecule has 0 heterocycles. The summed E-state index contributed by atoms with van der Waals surface area (Å²) in [5.74, 6) is 0. The number of hydrogen-bond donors (Lipinski definition) is 0. The van der Waals surface area contributed by atoms with Crippen LogP contribution in [0.15, 0.2) is 358 Å². The van der Waals surface area contributed by atoms with Gasteiger partial charge in [-0.2, -0.15) is 0 Å². The maximum Gasteiger partial charge on any atom is 0.0540 e. The standard InChI is InChI=1S/C90H64N4/c1-5-33-69(34-6-1)91(70-35-7-2-8-36-70)73-53-49-67(50-54-73)89-81-59-57-76(94(87-47-23-31-65-27-15-19-43-79(65)87)88-48-24-32-66-28-16-20-44-80(66)88)62-84(81)90(68-51-55-74(56-52-68)92(71-37-9-3-10-38-71)72-39-11-4-12-40-72)82-60-58-75(61-83(82)89)93(85-45-21-29-63-25-13-17-41-77(63)85)86-46-22-30-64-26-14-18-42-78(64)86/h1-19,21-43,45-62H,20,44H2. The normalized spacial score (nSPS) is 11.9. The highest BCUT2D eigenvalue weighted by molar-refractivity contribution is 6.23. The summed E-state index contributed by atoms with van der Waals surface area (Å²) in [6.07, 6.45) is 6.56. The van der Waals surface area contributed by atoms with E-state index in [0.717, 1.165) is 119 Å². The molecule has 0 unspecified atom stereocenters. The van der Waals surface area contributed by atoms with Crippen molar-refractivity contribution in [2.45, 2.75) is 12.8 Å². The first-order chi connectivity index (χ1) is 46.7. The van der Waals surface area contributed by atoms with E-state index in [2.05, 4.69) is 384 Å².